The molecule has 2 atom stereocenters. The average molecular weight is 523 g/mol. The Kier molecular flexibility index (Phi) is 4.92. The summed E-state index contributed by atoms with van der Waals surface area (Å²) < 4.78 is 0. The zero-order valence-electron chi connectivity index (χ0n) is 21.2. The number of nitrogens with zero attached hydrogens (tertiary/aromatic N) is 2. The molecule has 2 aliphatic rings. The Hall–Kier alpha value is -4.91. The maximum absolute atomic E-state index is 13.7. The molecular weight excluding hydrogens is 500 g/mol. The molecule has 0 saturated carbocycles. The van der Waals surface area contributed by atoms with Crippen LogP contribution in [0.1, 0.15) is 49.6 Å². The molecule has 1 N–H and O–H groups in total. The number of aliphatic hydroxyl groups is 1. The quantitative estimate of drug-likeness (QED) is 0.276. The lowest BCUT2D eigenvalue weighted by Crippen LogP contribution is -2.36. The topological polar surface area (TPSA) is 79.7 Å². The number of rotatable bonds is 2. The highest BCUT2D eigenvalue weighted by molar-refractivity contribution is 6.13. The Morgan fingerprint density at radius 3 is 2.23 bits per heavy atom. The monoisotopic (exact) mass is 522 g/mol. The molecule has 8 rings (SSSR count). The number of benzene rings is 5. The molecule has 0 saturated heterocycles. The second kappa shape index (κ2) is 8.55. The number of hydroxylamine groups is 1. The van der Waals surface area contributed by atoms with Gasteiger partial charge in [0.2, 0.25) is 0 Å². The number of fused-ring (bicyclic) bond motifs is 7. The number of carbonyl (C=O) groups excluding carboxylic acids is 2. The van der Waals surface area contributed by atoms with E-state index < -0.39 is 12.0 Å². The van der Waals surface area contributed by atoms with Crippen LogP contribution in [0.3, 0.4) is 0 Å². The van der Waals surface area contributed by atoms with Crippen LogP contribution in [0, 0.1) is 0 Å². The summed E-state index contributed by atoms with van der Waals surface area (Å²) >= 11 is 0. The maximum Gasteiger partial charge on any atom is 0.282 e. The first-order valence-electron chi connectivity index (χ1n) is 13.2. The van der Waals surface area contributed by atoms with E-state index in [1.165, 1.54) is 5.06 Å². The average Bonchev–Trinajstić information content (AvgIpc) is 3.26. The van der Waals surface area contributed by atoms with Gasteiger partial charge in [0.25, 0.3) is 5.91 Å². The molecule has 2 heterocycles. The second-order valence-electron chi connectivity index (χ2n) is 10.3. The molecule has 0 fully saturated rings. The van der Waals surface area contributed by atoms with Gasteiger partial charge in [0, 0.05) is 27.6 Å². The lowest BCUT2D eigenvalue weighted by Gasteiger charge is -2.29. The molecule has 6 nitrogen and oxygen atoms in total. The molecule has 0 bridgehead atoms. The van der Waals surface area contributed by atoms with Gasteiger partial charge in [-0.2, -0.15) is 5.06 Å². The van der Waals surface area contributed by atoms with Crippen LogP contribution >= 0.6 is 0 Å². The fourth-order valence-electron chi connectivity index (χ4n) is 6.25. The van der Waals surface area contributed by atoms with Gasteiger partial charge in [0.1, 0.15) is 6.61 Å². The molecule has 40 heavy (non-hydrogen) atoms. The highest BCUT2D eigenvalue weighted by atomic mass is 16.7. The first-order chi connectivity index (χ1) is 19.6. The number of hydrogen-bond donors (Lipinski definition) is 1. The first kappa shape index (κ1) is 23.0. The Morgan fingerprint density at radius 2 is 1.40 bits per heavy atom. The predicted octanol–water partition coefficient (Wildman–Crippen LogP) is 6.65. The molecular formula is C34H22N2O4. The van der Waals surface area contributed by atoms with Crippen LogP contribution in [0.15, 0.2) is 103 Å². The van der Waals surface area contributed by atoms with E-state index in [-0.39, 0.29) is 18.3 Å². The minimum atomic E-state index is -1.03. The van der Waals surface area contributed by atoms with Crippen molar-refractivity contribution in [2.24, 2.45) is 0 Å². The summed E-state index contributed by atoms with van der Waals surface area (Å²) in [6.07, 6.45) is -1.03. The smallest absolute Gasteiger partial charge is 0.282 e. The van der Waals surface area contributed by atoms with Crippen LogP contribution < -0.4 is 5.06 Å². The van der Waals surface area contributed by atoms with E-state index in [0.29, 0.717) is 33.6 Å². The number of anilines is 1. The van der Waals surface area contributed by atoms with Crippen LogP contribution in [0.5, 0.6) is 0 Å². The number of hydrogen-bond acceptors (Lipinski definition) is 5. The van der Waals surface area contributed by atoms with Gasteiger partial charge in [-0.3, -0.25) is 14.4 Å². The molecule has 1 amide bonds. The normalized spacial score (nSPS) is 18.5. The van der Waals surface area contributed by atoms with Crippen LogP contribution in [0.25, 0.3) is 32.4 Å². The Labute approximate surface area is 229 Å². The van der Waals surface area contributed by atoms with E-state index in [9.17, 15) is 14.7 Å². The second-order valence-corrected chi connectivity index (χ2v) is 10.3. The number of para-hydroxylation sites is 1. The molecule has 6 aromatic rings. The molecule has 6 heteroatoms. The van der Waals surface area contributed by atoms with Gasteiger partial charge < -0.3 is 5.11 Å². The zero-order valence-corrected chi connectivity index (χ0v) is 21.2. The van der Waals surface area contributed by atoms with Crippen molar-refractivity contribution >= 4 is 49.8 Å². The summed E-state index contributed by atoms with van der Waals surface area (Å²) in [5.41, 5.74) is 4.07. The van der Waals surface area contributed by atoms with E-state index in [1.54, 1.807) is 18.2 Å². The van der Waals surface area contributed by atoms with Gasteiger partial charge >= 0.3 is 0 Å². The Bertz CT molecular complexity index is 2050. The number of Topliss-reactive ketones (excluding diaryl/α,β-unsaturated/α-hetero) is 1. The van der Waals surface area contributed by atoms with Crippen molar-refractivity contribution in [2.45, 2.75) is 18.6 Å². The van der Waals surface area contributed by atoms with Crippen LogP contribution in [-0.4, -0.2) is 21.8 Å². The van der Waals surface area contributed by atoms with Gasteiger partial charge in [-0.25, -0.2) is 4.98 Å². The summed E-state index contributed by atoms with van der Waals surface area (Å²) in [7, 11) is 0. The third-order valence-corrected chi connectivity index (χ3v) is 8.18. The molecule has 192 valence electrons. The lowest BCUT2D eigenvalue weighted by molar-refractivity contribution is 0.0536. The fraction of sp³-hybridized carbons (Fsp3) is 0.0882. The summed E-state index contributed by atoms with van der Waals surface area (Å²) in [5.74, 6) is -1.28. The molecule has 0 spiro atoms. The molecule has 1 aromatic heterocycles. The van der Waals surface area contributed by atoms with Gasteiger partial charge in [-0.1, -0.05) is 84.9 Å². The van der Waals surface area contributed by atoms with Crippen LogP contribution in [0.2, 0.25) is 0 Å². The number of ketones is 1. The van der Waals surface area contributed by atoms with Crippen molar-refractivity contribution in [1.29, 1.82) is 0 Å². The van der Waals surface area contributed by atoms with Crippen molar-refractivity contribution in [1.82, 2.24) is 4.98 Å². The Morgan fingerprint density at radius 1 is 0.725 bits per heavy atom. The third kappa shape index (κ3) is 3.21. The number of aliphatic hydroxyl groups excluding tert-OH is 1. The molecule has 1 aliphatic carbocycles. The highest BCUT2D eigenvalue weighted by Crippen LogP contribution is 2.45. The largest absolute Gasteiger partial charge is 0.387 e. The fourth-order valence-corrected chi connectivity index (χ4v) is 6.25. The summed E-state index contributed by atoms with van der Waals surface area (Å²) in [6.45, 7) is 0.237. The van der Waals surface area contributed by atoms with E-state index in [0.717, 1.165) is 32.5 Å². The summed E-state index contributed by atoms with van der Waals surface area (Å²) in [5, 5.41) is 17.4. The number of pyridine rings is 1. The van der Waals surface area contributed by atoms with Crippen molar-refractivity contribution in [3.63, 3.8) is 0 Å². The van der Waals surface area contributed by atoms with Gasteiger partial charge in [0.05, 0.1) is 28.9 Å². The van der Waals surface area contributed by atoms with Gasteiger partial charge in [0.15, 0.2) is 5.78 Å². The zero-order chi connectivity index (χ0) is 27.0. The number of aromatic nitrogens is 1. The summed E-state index contributed by atoms with van der Waals surface area (Å²) in [6, 6.07) is 32.4. The maximum atomic E-state index is 13.7. The van der Waals surface area contributed by atoms with Crippen LogP contribution in [0.4, 0.5) is 5.69 Å². The standard InChI is InChI=1S/C34H22N2O4/c37-32-25-16-13-20-7-2-4-10-23(20)29(25)33(38)30(32)27-17-14-21-8-5-11-28(31(21)35-27)36-34(39)24-15-12-19-6-1-3-9-22(19)26(24)18-40-36/h1-17,30,33,38H,18H2. The van der Waals surface area contributed by atoms with Crippen molar-refractivity contribution in [2.75, 3.05) is 5.06 Å². The van der Waals surface area contributed by atoms with Crippen LogP contribution in [-0.2, 0) is 11.4 Å². The molecule has 0 radical (unpaired) electrons. The van der Waals surface area contributed by atoms with Gasteiger partial charge in [-0.05, 0) is 39.7 Å². The molecule has 1 aliphatic heterocycles. The van der Waals surface area contributed by atoms with E-state index in [4.69, 9.17) is 9.82 Å². The summed E-state index contributed by atoms with van der Waals surface area (Å²) in [4.78, 5) is 38.2. The minimum Gasteiger partial charge on any atom is -0.387 e. The Balaban J connectivity index is 1.22. The predicted molar refractivity (Wildman–Crippen MR) is 153 cm³/mol. The minimum absolute atomic E-state index is 0.163. The van der Waals surface area contributed by atoms with E-state index in [1.807, 2.05) is 84.9 Å². The molecule has 5 aromatic carbocycles. The lowest BCUT2D eigenvalue weighted by atomic mass is 9.95. The van der Waals surface area contributed by atoms with Gasteiger partial charge in [-0.15, -0.1) is 0 Å². The number of carbonyl (C=O) groups is 2. The van der Waals surface area contributed by atoms with E-state index in [2.05, 4.69) is 0 Å². The number of amides is 1. The third-order valence-electron chi connectivity index (χ3n) is 8.18. The van der Waals surface area contributed by atoms with E-state index >= 15 is 0 Å². The molecule has 2 unspecified atom stereocenters. The van der Waals surface area contributed by atoms with Crippen molar-refractivity contribution < 1.29 is 19.5 Å². The van der Waals surface area contributed by atoms with Crippen molar-refractivity contribution in [3.8, 4) is 0 Å². The highest BCUT2D eigenvalue weighted by Gasteiger charge is 2.42. The van der Waals surface area contributed by atoms with Crippen molar-refractivity contribution in [3.05, 3.63) is 131 Å². The SMILES string of the molecule is O=C1c2ccc3ccccc3c2C(O)C1c1ccc2cccc(N3OCc4c(ccc5ccccc45)C3=O)c2n1. The first-order valence-corrected chi connectivity index (χ1v) is 13.2.